The Bertz CT molecular complexity index is 772. The second-order valence-electron chi connectivity index (χ2n) is 4.54. The zero-order chi connectivity index (χ0) is 15.6. The van der Waals surface area contributed by atoms with Crippen LogP contribution in [0.25, 0.3) is 0 Å². The van der Waals surface area contributed by atoms with Gasteiger partial charge in [-0.2, -0.15) is 5.26 Å². The lowest BCUT2D eigenvalue weighted by atomic mass is 10.2. The number of halogens is 1. The number of aryl methyl sites for hydroxylation is 1. The molecule has 1 amide bonds. The molecular formula is C15H12FN3O2. The van der Waals surface area contributed by atoms with Crippen LogP contribution in [0.1, 0.15) is 33.3 Å². The number of amides is 1. The van der Waals surface area contributed by atoms with E-state index in [1.54, 1.807) is 19.3 Å². The summed E-state index contributed by atoms with van der Waals surface area (Å²) in [5.41, 5.74) is 0.884. The summed E-state index contributed by atoms with van der Waals surface area (Å²) < 4.78 is 14.7. The van der Waals surface area contributed by atoms with Crippen LogP contribution in [0.4, 0.5) is 10.1 Å². The number of carbonyl (C=O) groups excluding carboxylic acids is 2. The molecular weight excluding hydrogens is 273 g/mol. The zero-order valence-corrected chi connectivity index (χ0v) is 11.5. The van der Waals surface area contributed by atoms with Gasteiger partial charge in [0.1, 0.15) is 17.6 Å². The topological polar surface area (TPSA) is 74.9 Å². The first-order valence-electron chi connectivity index (χ1n) is 6.10. The van der Waals surface area contributed by atoms with Gasteiger partial charge in [0.15, 0.2) is 5.78 Å². The van der Waals surface area contributed by atoms with Crippen LogP contribution in [0, 0.1) is 17.1 Å². The Morgan fingerprint density at radius 3 is 2.62 bits per heavy atom. The molecule has 1 N–H and O–H groups in total. The lowest BCUT2D eigenvalue weighted by molar-refractivity contribution is 0.101. The highest BCUT2D eigenvalue weighted by molar-refractivity contribution is 6.05. The Morgan fingerprint density at radius 2 is 2.05 bits per heavy atom. The number of carbonyl (C=O) groups is 2. The quantitative estimate of drug-likeness (QED) is 0.880. The summed E-state index contributed by atoms with van der Waals surface area (Å²) in [6.45, 7) is 1.41. The van der Waals surface area contributed by atoms with Gasteiger partial charge < -0.3 is 9.88 Å². The fourth-order valence-corrected chi connectivity index (χ4v) is 1.87. The molecule has 0 spiro atoms. The van der Waals surface area contributed by atoms with Crippen LogP contribution in [0.2, 0.25) is 0 Å². The summed E-state index contributed by atoms with van der Waals surface area (Å²) >= 11 is 0. The third kappa shape index (κ3) is 2.98. The predicted octanol–water partition coefficient (Wildman–Crippen LogP) is 2.49. The molecule has 2 rings (SSSR count). The van der Waals surface area contributed by atoms with E-state index in [1.165, 1.54) is 29.7 Å². The van der Waals surface area contributed by atoms with Crippen LogP contribution in [0.5, 0.6) is 0 Å². The van der Waals surface area contributed by atoms with Crippen molar-refractivity contribution in [1.29, 1.82) is 5.26 Å². The number of rotatable bonds is 3. The number of ketones is 1. The zero-order valence-electron chi connectivity index (χ0n) is 11.5. The summed E-state index contributed by atoms with van der Waals surface area (Å²) in [6, 6.07) is 6.91. The molecule has 0 atom stereocenters. The average molecular weight is 285 g/mol. The SMILES string of the molecule is CC(=O)c1cc(C(=O)Nc2ccc(F)c(C#N)c2)n(C)c1. The van der Waals surface area contributed by atoms with E-state index in [2.05, 4.69) is 5.32 Å². The number of Topliss-reactive ketones (excluding diaryl/α,β-unsaturated/α-hetero) is 1. The van der Waals surface area contributed by atoms with E-state index in [-0.39, 0.29) is 11.3 Å². The highest BCUT2D eigenvalue weighted by Crippen LogP contribution is 2.16. The molecule has 0 saturated heterocycles. The lowest BCUT2D eigenvalue weighted by Crippen LogP contribution is -2.15. The van der Waals surface area contributed by atoms with E-state index >= 15 is 0 Å². The van der Waals surface area contributed by atoms with Gasteiger partial charge in [-0.1, -0.05) is 0 Å². The molecule has 0 radical (unpaired) electrons. The first-order chi connectivity index (χ1) is 9.92. The Morgan fingerprint density at radius 1 is 1.33 bits per heavy atom. The minimum atomic E-state index is -0.645. The fourth-order valence-electron chi connectivity index (χ4n) is 1.87. The second-order valence-corrected chi connectivity index (χ2v) is 4.54. The number of anilines is 1. The average Bonchev–Trinajstić information content (AvgIpc) is 2.83. The molecule has 0 aliphatic carbocycles. The molecule has 0 unspecified atom stereocenters. The van der Waals surface area contributed by atoms with Crippen molar-refractivity contribution in [3.8, 4) is 6.07 Å². The van der Waals surface area contributed by atoms with Crippen LogP contribution >= 0.6 is 0 Å². The molecule has 0 aliphatic heterocycles. The van der Waals surface area contributed by atoms with Crippen molar-refractivity contribution < 1.29 is 14.0 Å². The smallest absolute Gasteiger partial charge is 0.272 e. The van der Waals surface area contributed by atoms with E-state index in [4.69, 9.17) is 5.26 Å². The van der Waals surface area contributed by atoms with Crippen LogP contribution in [-0.2, 0) is 7.05 Å². The highest BCUT2D eigenvalue weighted by Gasteiger charge is 2.14. The molecule has 21 heavy (non-hydrogen) atoms. The molecule has 0 bridgehead atoms. The minimum Gasteiger partial charge on any atom is -0.346 e. The second kappa shape index (κ2) is 5.59. The normalized spacial score (nSPS) is 10.0. The maximum atomic E-state index is 13.2. The van der Waals surface area contributed by atoms with Crippen LogP contribution < -0.4 is 5.32 Å². The Balaban J connectivity index is 2.26. The van der Waals surface area contributed by atoms with Crippen LogP contribution in [0.15, 0.2) is 30.5 Å². The Kier molecular flexibility index (Phi) is 3.85. The van der Waals surface area contributed by atoms with Gasteiger partial charge in [0.2, 0.25) is 0 Å². The Hall–Kier alpha value is -2.94. The van der Waals surface area contributed by atoms with Crippen molar-refractivity contribution in [3.63, 3.8) is 0 Å². The molecule has 0 aliphatic rings. The predicted molar refractivity (Wildman–Crippen MR) is 74.5 cm³/mol. The third-order valence-corrected chi connectivity index (χ3v) is 2.99. The number of nitrogens with one attached hydrogen (secondary N) is 1. The summed E-state index contributed by atoms with van der Waals surface area (Å²) in [5, 5.41) is 11.3. The molecule has 1 aromatic heterocycles. The van der Waals surface area contributed by atoms with Crippen LogP contribution in [-0.4, -0.2) is 16.3 Å². The van der Waals surface area contributed by atoms with Gasteiger partial charge in [0, 0.05) is 24.5 Å². The van der Waals surface area contributed by atoms with Gasteiger partial charge in [-0.15, -0.1) is 0 Å². The molecule has 0 fully saturated rings. The number of nitriles is 1. The monoisotopic (exact) mass is 285 g/mol. The van der Waals surface area contributed by atoms with Crippen molar-refractivity contribution in [2.45, 2.75) is 6.92 Å². The minimum absolute atomic E-state index is 0.141. The first kappa shape index (κ1) is 14.5. The maximum absolute atomic E-state index is 13.2. The van der Waals surface area contributed by atoms with E-state index in [0.717, 1.165) is 6.07 Å². The van der Waals surface area contributed by atoms with Crippen molar-refractivity contribution in [1.82, 2.24) is 4.57 Å². The van der Waals surface area contributed by atoms with Crippen LogP contribution in [0.3, 0.4) is 0 Å². The van der Waals surface area contributed by atoms with Crippen molar-refractivity contribution in [3.05, 3.63) is 53.1 Å². The number of hydrogen-bond acceptors (Lipinski definition) is 3. The largest absolute Gasteiger partial charge is 0.346 e. The number of aromatic nitrogens is 1. The van der Waals surface area contributed by atoms with Gasteiger partial charge in [-0.05, 0) is 31.2 Å². The van der Waals surface area contributed by atoms with Crippen molar-refractivity contribution in [2.24, 2.45) is 7.05 Å². The molecule has 1 heterocycles. The van der Waals surface area contributed by atoms with Gasteiger partial charge >= 0.3 is 0 Å². The van der Waals surface area contributed by atoms with Crippen molar-refractivity contribution in [2.75, 3.05) is 5.32 Å². The molecule has 1 aromatic carbocycles. The fraction of sp³-hybridized carbons (Fsp3) is 0.133. The van der Waals surface area contributed by atoms with E-state index < -0.39 is 11.7 Å². The number of nitrogens with zero attached hydrogens (tertiary/aromatic N) is 2. The highest BCUT2D eigenvalue weighted by atomic mass is 19.1. The van der Waals surface area contributed by atoms with Gasteiger partial charge in [0.05, 0.1) is 5.56 Å². The van der Waals surface area contributed by atoms with E-state index in [9.17, 15) is 14.0 Å². The molecule has 6 heteroatoms. The van der Waals surface area contributed by atoms with E-state index in [0.29, 0.717) is 16.9 Å². The summed E-state index contributed by atoms with van der Waals surface area (Å²) in [6.07, 6.45) is 1.56. The summed E-state index contributed by atoms with van der Waals surface area (Å²) in [7, 11) is 1.65. The standard InChI is InChI=1S/C15H12FN3O2/c1-9(20)11-6-14(19(2)8-11)15(21)18-12-3-4-13(16)10(5-12)7-17/h3-6,8H,1-2H3,(H,18,21). The Labute approximate surface area is 120 Å². The van der Waals surface area contributed by atoms with Crippen molar-refractivity contribution >= 4 is 17.4 Å². The van der Waals surface area contributed by atoms with Gasteiger partial charge in [-0.25, -0.2) is 4.39 Å². The van der Waals surface area contributed by atoms with Gasteiger partial charge in [0.25, 0.3) is 5.91 Å². The molecule has 2 aromatic rings. The summed E-state index contributed by atoms with van der Waals surface area (Å²) in [5.74, 6) is -1.23. The third-order valence-electron chi connectivity index (χ3n) is 2.99. The number of benzene rings is 1. The summed E-state index contributed by atoms with van der Waals surface area (Å²) in [4.78, 5) is 23.4. The lowest BCUT2D eigenvalue weighted by Gasteiger charge is -2.06. The molecule has 5 nitrogen and oxygen atoms in total. The maximum Gasteiger partial charge on any atom is 0.272 e. The molecule has 106 valence electrons. The first-order valence-corrected chi connectivity index (χ1v) is 6.10. The number of hydrogen-bond donors (Lipinski definition) is 1. The van der Waals surface area contributed by atoms with E-state index in [1.807, 2.05) is 0 Å². The molecule has 0 saturated carbocycles. The van der Waals surface area contributed by atoms with Gasteiger partial charge in [-0.3, -0.25) is 9.59 Å².